The van der Waals surface area contributed by atoms with Crippen molar-refractivity contribution in [3.63, 3.8) is 0 Å². The van der Waals surface area contributed by atoms with Crippen LogP contribution in [-0.4, -0.2) is 30.3 Å². The highest BCUT2D eigenvalue weighted by Gasteiger charge is 2.60. The van der Waals surface area contributed by atoms with Gasteiger partial charge in [0.1, 0.15) is 0 Å². The molecule has 0 N–H and O–H groups in total. The maximum Gasteiger partial charge on any atom is 0.416 e. The molecule has 2 fully saturated rings. The average Bonchev–Trinajstić information content (AvgIpc) is 3.13. The van der Waals surface area contributed by atoms with Gasteiger partial charge in [0.15, 0.2) is 16.6 Å². The third-order valence-corrected chi connectivity index (χ3v) is 7.92. The second-order valence-corrected chi connectivity index (χ2v) is 10.3. The number of hydrogen-bond donors (Lipinski definition) is 0. The lowest BCUT2D eigenvalue weighted by molar-refractivity contribution is -0.137. The number of thioether (sulfide) groups is 1. The Hall–Kier alpha value is -2.12. The lowest BCUT2D eigenvalue weighted by Crippen LogP contribution is -2.28. The van der Waals surface area contributed by atoms with E-state index >= 15 is 0 Å². The maximum atomic E-state index is 12.9. The number of piperidine rings is 1. The lowest BCUT2D eigenvalue weighted by atomic mass is 9.94. The summed E-state index contributed by atoms with van der Waals surface area (Å²) in [4.78, 5) is 2.47. The first-order valence-corrected chi connectivity index (χ1v) is 12.6. The molecule has 2 aliphatic heterocycles. The van der Waals surface area contributed by atoms with E-state index in [-0.39, 0.29) is 5.41 Å². The fourth-order valence-electron chi connectivity index (χ4n) is 5.08. The number of fused-ring (bicyclic) bond motifs is 1. The third kappa shape index (κ3) is 5.04. The van der Waals surface area contributed by atoms with Crippen molar-refractivity contribution in [2.45, 2.75) is 43.7 Å². The minimum Gasteiger partial charge on any atom is -0.461 e. The number of benzene rings is 1. The van der Waals surface area contributed by atoms with Gasteiger partial charge in [-0.15, -0.1) is 0 Å². The van der Waals surface area contributed by atoms with E-state index in [0.29, 0.717) is 5.92 Å². The molecule has 5 rings (SSSR count). The van der Waals surface area contributed by atoms with E-state index in [1.165, 1.54) is 12.1 Å². The SMILES string of the molecule is FC(F)(F)c1ccc([C@]23C[C@H]2CN(CCCS/C2=C/CCC/C=C(/c4ccco4)O2)C3)cc1. The fourth-order valence-corrected chi connectivity index (χ4v) is 5.94. The highest BCUT2D eigenvalue weighted by Crippen LogP contribution is 2.59. The van der Waals surface area contributed by atoms with Crippen molar-refractivity contribution in [1.29, 1.82) is 0 Å². The van der Waals surface area contributed by atoms with Gasteiger partial charge < -0.3 is 14.1 Å². The highest BCUT2D eigenvalue weighted by molar-refractivity contribution is 8.02. The van der Waals surface area contributed by atoms with Gasteiger partial charge in [-0.3, -0.25) is 0 Å². The molecule has 3 heterocycles. The summed E-state index contributed by atoms with van der Waals surface area (Å²) in [7, 11) is 0. The van der Waals surface area contributed by atoms with Crippen LogP contribution in [0.15, 0.2) is 64.3 Å². The van der Waals surface area contributed by atoms with Crippen LogP contribution in [0.25, 0.3) is 5.76 Å². The normalized spacial score (nSPS) is 28.6. The number of hydrogen-bond acceptors (Lipinski definition) is 4. The zero-order chi connectivity index (χ0) is 22.9. The summed E-state index contributed by atoms with van der Waals surface area (Å²) in [5, 5.41) is 0.933. The molecular weight excluding hydrogens is 447 g/mol. The maximum absolute atomic E-state index is 12.9. The minimum absolute atomic E-state index is 0.0607. The molecule has 2 aromatic rings. The molecule has 1 saturated heterocycles. The molecule has 7 heteroatoms. The third-order valence-electron chi connectivity index (χ3n) is 6.89. The zero-order valence-corrected chi connectivity index (χ0v) is 19.3. The molecular formula is C26H28F3NO2S. The van der Waals surface area contributed by atoms with Crippen LogP contribution in [0.5, 0.6) is 0 Å². The van der Waals surface area contributed by atoms with E-state index < -0.39 is 11.7 Å². The quantitative estimate of drug-likeness (QED) is 0.400. The van der Waals surface area contributed by atoms with E-state index in [1.54, 1.807) is 30.2 Å². The summed E-state index contributed by atoms with van der Waals surface area (Å²) < 4.78 is 50.3. The molecule has 1 aliphatic carbocycles. The molecule has 0 bridgehead atoms. The number of alkyl halides is 3. The molecule has 0 unspecified atom stereocenters. The molecule has 33 heavy (non-hydrogen) atoms. The average molecular weight is 476 g/mol. The first-order valence-electron chi connectivity index (χ1n) is 11.6. The molecule has 0 amide bonds. The molecule has 176 valence electrons. The molecule has 1 saturated carbocycles. The number of halogens is 3. The Morgan fingerprint density at radius 3 is 2.67 bits per heavy atom. The van der Waals surface area contributed by atoms with Gasteiger partial charge >= 0.3 is 6.18 Å². The van der Waals surface area contributed by atoms with Crippen molar-refractivity contribution in [1.82, 2.24) is 4.90 Å². The van der Waals surface area contributed by atoms with Gasteiger partial charge in [0.2, 0.25) is 0 Å². The van der Waals surface area contributed by atoms with E-state index in [2.05, 4.69) is 17.1 Å². The van der Waals surface area contributed by atoms with Crippen molar-refractivity contribution in [2.24, 2.45) is 5.92 Å². The first-order chi connectivity index (χ1) is 15.9. The monoisotopic (exact) mass is 475 g/mol. The van der Waals surface area contributed by atoms with Gasteiger partial charge in [-0.05, 0) is 86.5 Å². The van der Waals surface area contributed by atoms with Crippen molar-refractivity contribution >= 4 is 17.5 Å². The molecule has 3 aliphatic rings. The standard InChI is InChI=1S/C26H28F3NO2S/c27-26(28,29)20-11-9-19(10-12-20)25-16-21(25)17-30(18-25)13-5-15-33-24-8-3-1-2-6-23(32-24)22-7-4-14-31-22/h4,6-12,14,21H,1-3,5,13,15-18H2/b23-6-,24-8+/t21-,25+/m0/s1. The Morgan fingerprint density at radius 2 is 1.91 bits per heavy atom. The van der Waals surface area contributed by atoms with Crippen molar-refractivity contribution in [2.75, 3.05) is 25.4 Å². The predicted molar refractivity (Wildman–Crippen MR) is 124 cm³/mol. The van der Waals surface area contributed by atoms with Gasteiger partial charge in [-0.2, -0.15) is 13.2 Å². The predicted octanol–water partition coefficient (Wildman–Crippen LogP) is 7.08. The molecule has 1 aromatic carbocycles. The zero-order valence-electron chi connectivity index (χ0n) is 18.4. The highest BCUT2D eigenvalue weighted by atomic mass is 32.2. The van der Waals surface area contributed by atoms with Crippen LogP contribution in [0, 0.1) is 5.92 Å². The van der Waals surface area contributed by atoms with Crippen LogP contribution in [0.1, 0.15) is 49.0 Å². The Bertz CT molecular complexity index is 1010. The van der Waals surface area contributed by atoms with Crippen molar-refractivity contribution in [3.05, 3.63) is 76.8 Å². The van der Waals surface area contributed by atoms with Crippen molar-refractivity contribution in [3.8, 4) is 0 Å². The lowest BCUT2D eigenvalue weighted by Gasteiger charge is -2.21. The van der Waals surface area contributed by atoms with E-state index in [9.17, 15) is 13.2 Å². The Balaban J connectivity index is 1.10. The topological polar surface area (TPSA) is 25.6 Å². The summed E-state index contributed by atoms with van der Waals surface area (Å²) in [6, 6.07) is 9.61. The van der Waals surface area contributed by atoms with Gasteiger partial charge in [-0.25, -0.2) is 0 Å². The minimum atomic E-state index is -4.28. The van der Waals surface area contributed by atoms with Crippen LogP contribution in [0.3, 0.4) is 0 Å². The number of nitrogens with zero attached hydrogens (tertiary/aromatic N) is 1. The fraction of sp³-hybridized carbons (Fsp3) is 0.462. The van der Waals surface area contributed by atoms with E-state index in [1.807, 2.05) is 12.1 Å². The van der Waals surface area contributed by atoms with Gasteiger partial charge in [0.25, 0.3) is 0 Å². The van der Waals surface area contributed by atoms with Crippen LogP contribution in [-0.2, 0) is 16.3 Å². The number of allylic oxidation sites excluding steroid dienone is 2. The molecule has 1 aromatic heterocycles. The van der Waals surface area contributed by atoms with Crippen LogP contribution >= 0.6 is 11.8 Å². The Labute approximate surface area is 196 Å². The molecule has 0 radical (unpaired) electrons. The molecule has 2 atom stereocenters. The summed E-state index contributed by atoms with van der Waals surface area (Å²) >= 11 is 1.74. The summed E-state index contributed by atoms with van der Waals surface area (Å²) in [6.45, 7) is 2.98. The van der Waals surface area contributed by atoms with E-state index in [4.69, 9.17) is 9.15 Å². The largest absolute Gasteiger partial charge is 0.461 e. The Kier molecular flexibility index (Phi) is 6.36. The Morgan fingerprint density at radius 1 is 1.09 bits per heavy atom. The van der Waals surface area contributed by atoms with Crippen LogP contribution in [0.4, 0.5) is 13.2 Å². The van der Waals surface area contributed by atoms with Gasteiger partial charge in [-0.1, -0.05) is 23.9 Å². The summed E-state index contributed by atoms with van der Waals surface area (Å²) in [5.41, 5.74) is 0.552. The van der Waals surface area contributed by atoms with Gasteiger partial charge in [0, 0.05) is 24.3 Å². The summed E-state index contributed by atoms with van der Waals surface area (Å²) in [5.74, 6) is 3.08. The second-order valence-electron chi connectivity index (χ2n) is 9.17. The number of rotatable bonds is 7. The smallest absolute Gasteiger partial charge is 0.416 e. The number of furan rings is 1. The summed E-state index contributed by atoms with van der Waals surface area (Å²) in [6.07, 6.45) is 6.87. The number of likely N-dealkylation sites (tertiary alicyclic amines) is 1. The van der Waals surface area contributed by atoms with Crippen LogP contribution < -0.4 is 0 Å². The molecule has 0 spiro atoms. The number of ether oxygens (including phenoxy) is 1. The second kappa shape index (κ2) is 9.26. The van der Waals surface area contributed by atoms with E-state index in [0.717, 1.165) is 79.7 Å². The molecule has 3 nitrogen and oxygen atoms in total. The first kappa shape index (κ1) is 22.7. The van der Waals surface area contributed by atoms with Crippen LogP contribution in [0.2, 0.25) is 0 Å². The van der Waals surface area contributed by atoms with Crippen molar-refractivity contribution < 1.29 is 22.3 Å². The van der Waals surface area contributed by atoms with Gasteiger partial charge in [0.05, 0.1) is 11.8 Å².